The topological polar surface area (TPSA) is 105 Å². The van der Waals surface area contributed by atoms with Crippen molar-refractivity contribution in [2.75, 3.05) is 6.67 Å². The molecule has 8 nitrogen and oxygen atoms in total. The molecule has 1 unspecified atom stereocenters. The maximum atomic E-state index is 14.3. The molecule has 3 aromatic rings. The second-order valence-corrected chi connectivity index (χ2v) is 6.99. The van der Waals surface area contributed by atoms with Gasteiger partial charge in [-0.05, 0) is 19.1 Å². The molecule has 0 aliphatic rings. The van der Waals surface area contributed by atoms with Crippen LogP contribution in [0.2, 0.25) is 0 Å². The molecule has 1 amide bonds. The molecular formula is C19H14F7N5O3. The van der Waals surface area contributed by atoms with E-state index < -0.39 is 54.2 Å². The smallest absolute Gasteiger partial charge is 0.451 e. The van der Waals surface area contributed by atoms with Gasteiger partial charge in [-0.15, -0.1) is 5.10 Å². The summed E-state index contributed by atoms with van der Waals surface area (Å²) >= 11 is 0. The van der Waals surface area contributed by atoms with E-state index in [1.54, 1.807) is 0 Å². The number of benzene rings is 1. The van der Waals surface area contributed by atoms with Crippen molar-refractivity contribution in [3.63, 3.8) is 0 Å². The number of nitrogens with zero attached hydrogens (tertiary/aromatic N) is 4. The number of ether oxygens (including phenoxy) is 2. The van der Waals surface area contributed by atoms with Gasteiger partial charge in [-0.25, -0.2) is 37.0 Å². The second kappa shape index (κ2) is 9.15. The third kappa shape index (κ3) is 5.35. The highest BCUT2D eigenvalue weighted by atomic mass is 19.4. The van der Waals surface area contributed by atoms with E-state index in [4.69, 9.17) is 10.5 Å². The molecule has 182 valence electrons. The number of nitrogens with two attached hydrogens (primary N) is 1. The lowest BCUT2D eigenvalue weighted by Gasteiger charge is -2.27. The Kier molecular flexibility index (Phi) is 6.65. The summed E-state index contributed by atoms with van der Waals surface area (Å²) in [5, 5.41) is 3.86. The van der Waals surface area contributed by atoms with Crippen molar-refractivity contribution in [3.05, 3.63) is 48.3 Å². The Labute approximate surface area is 186 Å². The van der Waals surface area contributed by atoms with Crippen LogP contribution in [-0.2, 0) is 6.18 Å². The maximum absolute atomic E-state index is 14.3. The van der Waals surface area contributed by atoms with Gasteiger partial charge in [0, 0.05) is 17.7 Å². The zero-order valence-corrected chi connectivity index (χ0v) is 17.0. The van der Waals surface area contributed by atoms with Gasteiger partial charge in [0.15, 0.2) is 5.60 Å². The van der Waals surface area contributed by atoms with Gasteiger partial charge in [-0.2, -0.15) is 13.2 Å². The average Bonchev–Trinajstić information content (AvgIpc) is 3.15. The molecule has 0 saturated heterocycles. The van der Waals surface area contributed by atoms with Gasteiger partial charge in [-0.3, -0.25) is 0 Å². The van der Waals surface area contributed by atoms with E-state index in [0.29, 0.717) is 0 Å². The first kappa shape index (κ1) is 24.7. The Hall–Kier alpha value is -3.91. The number of aromatic nitrogens is 4. The highest BCUT2D eigenvalue weighted by Gasteiger charge is 2.38. The van der Waals surface area contributed by atoms with Gasteiger partial charge in [0.25, 0.3) is 6.43 Å². The maximum Gasteiger partial charge on any atom is 0.451 e. The van der Waals surface area contributed by atoms with Crippen LogP contribution in [0.4, 0.5) is 35.5 Å². The number of carbonyl (C=O) groups excluding carboxylic acids is 1. The first-order chi connectivity index (χ1) is 15.8. The van der Waals surface area contributed by atoms with E-state index in [9.17, 15) is 35.5 Å². The Morgan fingerprint density at radius 2 is 1.79 bits per heavy atom. The van der Waals surface area contributed by atoms with Crippen LogP contribution in [0.3, 0.4) is 0 Å². The molecule has 2 aromatic heterocycles. The van der Waals surface area contributed by atoms with Gasteiger partial charge in [0.1, 0.15) is 23.9 Å². The summed E-state index contributed by atoms with van der Waals surface area (Å²) in [6.45, 7) is -0.807. The van der Waals surface area contributed by atoms with Crippen LogP contribution in [-0.4, -0.2) is 44.5 Å². The first-order valence-electron chi connectivity index (χ1n) is 9.13. The van der Waals surface area contributed by atoms with Crippen molar-refractivity contribution < 1.29 is 45.0 Å². The van der Waals surface area contributed by atoms with Crippen LogP contribution in [0, 0.1) is 5.82 Å². The van der Waals surface area contributed by atoms with Crippen LogP contribution in [0.25, 0.3) is 16.9 Å². The van der Waals surface area contributed by atoms with Crippen molar-refractivity contribution in [2.24, 2.45) is 5.73 Å². The molecule has 3 rings (SSSR count). The predicted octanol–water partition coefficient (Wildman–Crippen LogP) is 4.32. The van der Waals surface area contributed by atoms with Gasteiger partial charge >= 0.3 is 12.3 Å². The molecule has 0 aliphatic heterocycles. The lowest BCUT2D eigenvalue weighted by atomic mass is 10.1. The number of amides is 1. The van der Waals surface area contributed by atoms with Crippen molar-refractivity contribution in [2.45, 2.75) is 25.1 Å². The van der Waals surface area contributed by atoms with Gasteiger partial charge in [0.05, 0.1) is 18.1 Å². The fourth-order valence-electron chi connectivity index (χ4n) is 2.66. The zero-order chi connectivity index (χ0) is 25.3. The minimum Gasteiger partial charge on any atom is -0.479 e. The molecule has 15 heteroatoms. The first-order valence-corrected chi connectivity index (χ1v) is 9.13. The summed E-state index contributed by atoms with van der Waals surface area (Å²) in [7, 11) is 0. The monoisotopic (exact) mass is 493 g/mol. The summed E-state index contributed by atoms with van der Waals surface area (Å²) in [5.74, 6) is -3.35. The largest absolute Gasteiger partial charge is 0.479 e. The number of primary amides is 1. The van der Waals surface area contributed by atoms with Crippen LogP contribution >= 0.6 is 0 Å². The van der Waals surface area contributed by atoms with Crippen molar-refractivity contribution in [1.29, 1.82) is 0 Å². The fourth-order valence-corrected chi connectivity index (χ4v) is 2.66. The third-order valence-electron chi connectivity index (χ3n) is 4.27. The summed E-state index contributed by atoms with van der Waals surface area (Å²) in [4.78, 5) is 17.5. The molecule has 2 heterocycles. The third-order valence-corrected chi connectivity index (χ3v) is 4.27. The number of hydrogen-bond acceptors (Lipinski definition) is 6. The number of alkyl halides is 6. The van der Waals surface area contributed by atoms with E-state index in [-0.39, 0.29) is 16.9 Å². The van der Waals surface area contributed by atoms with Crippen molar-refractivity contribution >= 4 is 6.09 Å². The Bertz CT molecular complexity index is 1180. The van der Waals surface area contributed by atoms with Crippen LogP contribution in [0.15, 0.2) is 36.7 Å². The van der Waals surface area contributed by atoms with Crippen molar-refractivity contribution in [1.82, 2.24) is 19.7 Å². The number of halogens is 7. The van der Waals surface area contributed by atoms with Gasteiger partial charge in [0.2, 0.25) is 11.7 Å². The fraction of sp³-hybridized carbons (Fsp3) is 0.263. The molecular weight excluding hydrogens is 479 g/mol. The molecule has 0 fully saturated rings. The average molecular weight is 493 g/mol. The zero-order valence-electron chi connectivity index (χ0n) is 17.0. The molecule has 0 radical (unpaired) electrons. The van der Waals surface area contributed by atoms with E-state index in [2.05, 4.69) is 19.8 Å². The summed E-state index contributed by atoms with van der Waals surface area (Å²) in [6, 6.07) is 3.73. The van der Waals surface area contributed by atoms with E-state index in [1.807, 2.05) is 0 Å². The summed E-state index contributed by atoms with van der Waals surface area (Å²) < 4.78 is 103. The highest BCUT2D eigenvalue weighted by molar-refractivity contribution is 5.70. The van der Waals surface area contributed by atoms with Crippen LogP contribution < -0.4 is 15.2 Å². The molecule has 1 atom stereocenters. The quantitative estimate of drug-likeness (QED) is 0.492. The molecule has 0 aliphatic carbocycles. The molecule has 0 bridgehead atoms. The van der Waals surface area contributed by atoms with Crippen molar-refractivity contribution in [3.8, 4) is 28.6 Å². The number of carbonyl (C=O) groups is 1. The van der Waals surface area contributed by atoms with Gasteiger partial charge < -0.3 is 15.2 Å². The molecule has 0 saturated carbocycles. The Morgan fingerprint density at radius 3 is 2.32 bits per heavy atom. The molecule has 0 spiro atoms. The Balaban J connectivity index is 2.11. The minimum atomic E-state index is -4.83. The lowest BCUT2D eigenvalue weighted by Crippen LogP contribution is -2.42. The van der Waals surface area contributed by atoms with E-state index in [1.165, 1.54) is 0 Å². The van der Waals surface area contributed by atoms with Crippen LogP contribution in [0.5, 0.6) is 11.6 Å². The Morgan fingerprint density at radius 1 is 1.15 bits per heavy atom. The molecule has 1 aromatic carbocycles. The highest BCUT2D eigenvalue weighted by Crippen LogP contribution is 2.33. The van der Waals surface area contributed by atoms with E-state index in [0.717, 1.165) is 48.3 Å². The van der Waals surface area contributed by atoms with Crippen LogP contribution in [0.1, 0.15) is 12.7 Å². The second-order valence-electron chi connectivity index (χ2n) is 6.99. The van der Waals surface area contributed by atoms with E-state index >= 15 is 0 Å². The standard InChI is InChI=1S/C19H14F7N5O3/c1-18(8-20,15(22)23)34-12-3-9(2-10(21)4-12)13-5-14(33-17(27)32)30-31(13)11-6-28-16(29-7-11)19(24,25)26/h2-7,15H,8H2,1H3,(H2,27,32). The summed E-state index contributed by atoms with van der Waals surface area (Å²) in [6.07, 6.45) is -7.87. The normalized spacial score (nSPS) is 13.6. The summed E-state index contributed by atoms with van der Waals surface area (Å²) in [5.41, 5.74) is 1.97. The SMILES string of the molecule is CC(CF)(Oc1cc(F)cc(-c2cc(OC(N)=O)nn2-c2cnc(C(F)(F)F)nc2)c1)C(F)F. The lowest BCUT2D eigenvalue weighted by molar-refractivity contribution is -0.145. The molecule has 34 heavy (non-hydrogen) atoms. The predicted molar refractivity (Wildman–Crippen MR) is 101 cm³/mol. The van der Waals surface area contributed by atoms with Gasteiger partial charge in [-0.1, -0.05) is 0 Å². The molecule has 2 N–H and O–H groups in total. The minimum absolute atomic E-state index is 0.108. The number of hydrogen-bond donors (Lipinski definition) is 1. The number of rotatable bonds is 7.